The number of aryl methyl sites for hydroxylation is 3. The molecule has 0 radical (unpaired) electrons. The largest absolute Gasteiger partial charge is 0.380 e. The van der Waals surface area contributed by atoms with Crippen LogP contribution in [0, 0.1) is 20.8 Å². The second-order valence-electron chi connectivity index (χ2n) is 6.81. The standard InChI is InChI=1S/C18H26N6O2/c1-11-5-17(21-10-20-11)24-9-15(26-4)6-14(24)8-19-18(25)7-16-12(2)22-23-13(16)3/h5,10,14-15H,6-9H2,1-4H3,(H,19,25)(H,22,23)/t14-,15-/m0/s1. The smallest absolute Gasteiger partial charge is 0.224 e. The normalized spacial score (nSPS) is 19.8. The Morgan fingerprint density at radius 1 is 1.38 bits per heavy atom. The van der Waals surface area contributed by atoms with Gasteiger partial charge in [-0.3, -0.25) is 9.89 Å². The van der Waals surface area contributed by atoms with E-state index in [1.54, 1.807) is 13.4 Å². The van der Waals surface area contributed by atoms with Crippen LogP contribution in [0.2, 0.25) is 0 Å². The molecule has 3 rings (SSSR count). The van der Waals surface area contributed by atoms with Crippen molar-refractivity contribution in [3.8, 4) is 0 Å². The Balaban J connectivity index is 1.64. The van der Waals surface area contributed by atoms with Gasteiger partial charge < -0.3 is 15.0 Å². The Labute approximate surface area is 153 Å². The van der Waals surface area contributed by atoms with E-state index in [-0.39, 0.29) is 18.1 Å². The second kappa shape index (κ2) is 7.82. The van der Waals surface area contributed by atoms with Crippen LogP contribution in [-0.4, -0.2) is 58.4 Å². The van der Waals surface area contributed by atoms with Gasteiger partial charge >= 0.3 is 0 Å². The van der Waals surface area contributed by atoms with Crippen LogP contribution in [0.15, 0.2) is 12.4 Å². The Morgan fingerprint density at radius 2 is 2.19 bits per heavy atom. The van der Waals surface area contributed by atoms with E-state index >= 15 is 0 Å². The van der Waals surface area contributed by atoms with Crippen LogP contribution in [0.25, 0.3) is 0 Å². The lowest BCUT2D eigenvalue weighted by Crippen LogP contribution is -2.41. The molecule has 3 heterocycles. The minimum Gasteiger partial charge on any atom is -0.380 e. The van der Waals surface area contributed by atoms with Crippen LogP contribution in [0.3, 0.4) is 0 Å². The summed E-state index contributed by atoms with van der Waals surface area (Å²) >= 11 is 0. The second-order valence-corrected chi connectivity index (χ2v) is 6.81. The number of aromatic amines is 1. The molecular formula is C18H26N6O2. The first kappa shape index (κ1) is 18.3. The fraction of sp³-hybridized carbons (Fsp3) is 0.556. The number of rotatable bonds is 6. The Kier molecular flexibility index (Phi) is 5.51. The van der Waals surface area contributed by atoms with Gasteiger partial charge in [0.15, 0.2) is 0 Å². The van der Waals surface area contributed by atoms with Gasteiger partial charge in [-0.15, -0.1) is 0 Å². The Morgan fingerprint density at radius 3 is 2.85 bits per heavy atom. The summed E-state index contributed by atoms with van der Waals surface area (Å²) < 4.78 is 5.54. The highest BCUT2D eigenvalue weighted by Gasteiger charge is 2.33. The number of hydrogen-bond donors (Lipinski definition) is 2. The predicted octanol–water partition coefficient (Wildman–Crippen LogP) is 1.08. The van der Waals surface area contributed by atoms with E-state index in [4.69, 9.17) is 4.74 Å². The molecule has 0 aromatic carbocycles. The minimum absolute atomic E-state index is 0.00251. The minimum atomic E-state index is -0.00251. The van der Waals surface area contributed by atoms with Gasteiger partial charge in [-0.1, -0.05) is 0 Å². The van der Waals surface area contributed by atoms with Gasteiger partial charge in [0.05, 0.1) is 24.3 Å². The number of hydrogen-bond acceptors (Lipinski definition) is 6. The molecule has 1 saturated heterocycles. The molecule has 2 aromatic heterocycles. The maximum absolute atomic E-state index is 12.4. The highest BCUT2D eigenvalue weighted by Crippen LogP contribution is 2.25. The molecule has 1 fully saturated rings. The number of nitrogens with one attached hydrogen (secondary N) is 2. The summed E-state index contributed by atoms with van der Waals surface area (Å²) in [5.74, 6) is 0.870. The van der Waals surface area contributed by atoms with Crippen LogP contribution in [0.4, 0.5) is 5.82 Å². The van der Waals surface area contributed by atoms with Crippen LogP contribution in [0.5, 0.6) is 0 Å². The summed E-state index contributed by atoms with van der Waals surface area (Å²) in [6.07, 6.45) is 2.89. The van der Waals surface area contributed by atoms with Crippen LogP contribution in [0.1, 0.15) is 29.1 Å². The van der Waals surface area contributed by atoms with Crippen molar-refractivity contribution in [2.24, 2.45) is 0 Å². The molecule has 0 bridgehead atoms. The van der Waals surface area contributed by atoms with Gasteiger partial charge in [0.2, 0.25) is 5.91 Å². The van der Waals surface area contributed by atoms with Gasteiger partial charge in [-0.05, 0) is 27.2 Å². The van der Waals surface area contributed by atoms with E-state index < -0.39 is 0 Å². The molecule has 8 heteroatoms. The molecule has 1 amide bonds. The number of carbonyl (C=O) groups is 1. The topological polar surface area (TPSA) is 96.0 Å². The van der Waals surface area contributed by atoms with Gasteiger partial charge in [0.1, 0.15) is 12.1 Å². The zero-order valence-corrected chi connectivity index (χ0v) is 15.7. The maximum atomic E-state index is 12.4. The molecule has 26 heavy (non-hydrogen) atoms. The van der Waals surface area contributed by atoms with Crippen molar-refractivity contribution in [1.82, 2.24) is 25.5 Å². The van der Waals surface area contributed by atoms with Crippen molar-refractivity contribution in [1.29, 1.82) is 0 Å². The lowest BCUT2D eigenvalue weighted by Gasteiger charge is -2.25. The first-order valence-electron chi connectivity index (χ1n) is 8.83. The van der Waals surface area contributed by atoms with Crippen molar-refractivity contribution < 1.29 is 9.53 Å². The average Bonchev–Trinajstić information content (AvgIpc) is 3.18. The van der Waals surface area contributed by atoms with E-state index in [1.165, 1.54) is 0 Å². The lowest BCUT2D eigenvalue weighted by atomic mass is 10.1. The number of amides is 1. The summed E-state index contributed by atoms with van der Waals surface area (Å²) in [6, 6.07) is 2.11. The van der Waals surface area contributed by atoms with Crippen LogP contribution in [-0.2, 0) is 16.0 Å². The lowest BCUT2D eigenvalue weighted by molar-refractivity contribution is -0.120. The van der Waals surface area contributed by atoms with Crippen molar-refractivity contribution in [3.63, 3.8) is 0 Å². The Bertz CT molecular complexity index is 755. The highest BCUT2D eigenvalue weighted by atomic mass is 16.5. The average molecular weight is 358 g/mol. The van der Waals surface area contributed by atoms with Gasteiger partial charge in [-0.25, -0.2) is 9.97 Å². The molecule has 0 unspecified atom stereocenters. The molecule has 2 atom stereocenters. The van der Waals surface area contributed by atoms with E-state index in [2.05, 4.69) is 30.4 Å². The third-order valence-electron chi connectivity index (χ3n) is 4.95. The van der Waals surface area contributed by atoms with E-state index in [1.807, 2.05) is 26.8 Å². The third kappa shape index (κ3) is 4.01. The van der Waals surface area contributed by atoms with Gasteiger partial charge in [0.25, 0.3) is 0 Å². The monoisotopic (exact) mass is 358 g/mol. The van der Waals surface area contributed by atoms with E-state index in [9.17, 15) is 4.79 Å². The summed E-state index contributed by atoms with van der Waals surface area (Å²) in [7, 11) is 1.72. The fourth-order valence-electron chi connectivity index (χ4n) is 3.41. The van der Waals surface area contributed by atoms with Gasteiger partial charge in [-0.2, -0.15) is 5.10 Å². The fourth-order valence-corrected chi connectivity index (χ4v) is 3.41. The number of carbonyl (C=O) groups excluding carboxylic acids is 1. The number of H-pyrrole nitrogens is 1. The molecule has 2 aromatic rings. The van der Waals surface area contributed by atoms with E-state index in [0.29, 0.717) is 13.0 Å². The molecule has 0 spiro atoms. The van der Waals surface area contributed by atoms with Crippen molar-refractivity contribution in [2.45, 2.75) is 45.8 Å². The number of methoxy groups -OCH3 is 1. The van der Waals surface area contributed by atoms with Crippen molar-refractivity contribution >= 4 is 11.7 Å². The zero-order chi connectivity index (χ0) is 18.7. The highest BCUT2D eigenvalue weighted by molar-refractivity contribution is 5.79. The molecular weight excluding hydrogens is 332 g/mol. The number of ether oxygens (including phenoxy) is 1. The maximum Gasteiger partial charge on any atom is 0.224 e. The Hall–Kier alpha value is -2.48. The van der Waals surface area contributed by atoms with Crippen molar-refractivity contribution in [2.75, 3.05) is 25.1 Å². The predicted molar refractivity (Wildman–Crippen MR) is 98.1 cm³/mol. The van der Waals surface area contributed by atoms with Crippen LogP contribution < -0.4 is 10.2 Å². The SMILES string of the molecule is CO[C@H]1C[C@@H](CNC(=O)Cc2c(C)n[nH]c2C)N(c2cc(C)ncn2)C1. The number of aromatic nitrogens is 4. The molecule has 2 N–H and O–H groups in total. The summed E-state index contributed by atoms with van der Waals surface area (Å²) in [6.45, 7) is 7.10. The molecule has 1 aliphatic rings. The zero-order valence-electron chi connectivity index (χ0n) is 15.7. The quantitative estimate of drug-likeness (QED) is 0.802. The first-order valence-corrected chi connectivity index (χ1v) is 8.83. The summed E-state index contributed by atoms with van der Waals surface area (Å²) in [5.41, 5.74) is 3.70. The summed E-state index contributed by atoms with van der Waals surface area (Å²) in [5, 5.41) is 10.1. The van der Waals surface area contributed by atoms with E-state index in [0.717, 1.165) is 41.4 Å². The third-order valence-corrected chi connectivity index (χ3v) is 4.95. The molecule has 0 saturated carbocycles. The molecule has 0 aliphatic carbocycles. The van der Waals surface area contributed by atoms with Crippen LogP contribution >= 0.6 is 0 Å². The molecule has 1 aliphatic heterocycles. The van der Waals surface area contributed by atoms with Gasteiger partial charge in [0, 0.05) is 43.2 Å². The number of nitrogens with zero attached hydrogens (tertiary/aromatic N) is 4. The molecule has 8 nitrogen and oxygen atoms in total. The molecule has 140 valence electrons. The van der Waals surface area contributed by atoms with Crippen molar-refractivity contribution in [3.05, 3.63) is 35.0 Å². The summed E-state index contributed by atoms with van der Waals surface area (Å²) in [4.78, 5) is 23.1. The first-order chi connectivity index (χ1) is 12.5. The number of anilines is 1.